The Morgan fingerprint density at radius 2 is 1.61 bits per heavy atom. The Morgan fingerprint density at radius 1 is 0.903 bits per heavy atom. The van der Waals surface area contributed by atoms with E-state index in [2.05, 4.69) is 15.6 Å². The number of anilines is 1. The van der Waals surface area contributed by atoms with E-state index in [1.165, 1.54) is 21.3 Å². The van der Waals surface area contributed by atoms with E-state index in [0.29, 0.717) is 33.8 Å². The minimum atomic E-state index is -0.783. The fraction of sp³-hybridized carbons (Fsp3) is 0.190. The van der Waals surface area contributed by atoms with Crippen LogP contribution < -0.4 is 24.8 Å². The molecule has 1 aromatic heterocycles. The zero-order chi connectivity index (χ0) is 22.4. The summed E-state index contributed by atoms with van der Waals surface area (Å²) in [6.07, 6.45) is 0. The number of aromatic nitrogens is 1. The molecule has 0 radical (unpaired) electrons. The van der Waals surface area contributed by atoms with E-state index in [1.807, 2.05) is 0 Å². The van der Waals surface area contributed by atoms with Gasteiger partial charge in [0.1, 0.15) is 22.9 Å². The molecule has 0 aliphatic carbocycles. The molecule has 10 nitrogen and oxygen atoms in total. The number of urea groups is 1. The van der Waals surface area contributed by atoms with Crippen molar-refractivity contribution in [2.75, 3.05) is 33.3 Å². The molecule has 3 rings (SSSR count). The number of hydrogen-bond donors (Lipinski definition) is 3. The van der Waals surface area contributed by atoms with Gasteiger partial charge in [-0.1, -0.05) is 0 Å². The molecule has 3 aromatic rings. The number of amides is 3. The van der Waals surface area contributed by atoms with Gasteiger partial charge in [-0.25, -0.2) is 9.59 Å². The average molecular weight is 427 g/mol. The number of rotatable bonds is 7. The van der Waals surface area contributed by atoms with Gasteiger partial charge in [0.2, 0.25) is 0 Å². The maximum Gasteiger partial charge on any atom is 0.355 e. The fourth-order valence-electron chi connectivity index (χ4n) is 2.78. The lowest BCUT2D eigenvalue weighted by atomic mass is 10.2. The van der Waals surface area contributed by atoms with Crippen LogP contribution in [0.25, 0.3) is 10.9 Å². The lowest BCUT2D eigenvalue weighted by Gasteiger charge is -2.08. The molecule has 3 N–H and O–H groups in total. The summed E-state index contributed by atoms with van der Waals surface area (Å²) >= 11 is 0. The van der Waals surface area contributed by atoms with Gasteiger partial charge in [-0.3, -0.25) is 10.1 Å². The van der Waals surface area contributed by atoms with E-state index in [4.69, 9.17) is 18.9 Å². The van der Waals surface area contributed by atoms with E-state index in [-0.39, 0.29) is 5.69 Å². The Morgan fingerprint density at radius 3 is 2.26 bits per heavy atom. The minimum absolute atomic E-state index is 0.122. The zero-order valence-corrected chi connectivity index (χ0v) is 17.1. The summed E-state index contributed by atoms with van der Waals surface area (Å²) in [5.74, 6) is 0.131. The number of ether oxygens (including phenoxy) is 4. The molecule has 3 amide bonds. The van der Waals surface area contributed by atoms with Crippen LogP contribution in [0.1, 0.15) is 10.5 Å². The molecule has 0 aliphatic rings. The largest absolute Gasteiger partial charge is 0.497 e. The van der Waals surface area contributed by atoms with Gasteiger partial charge < -0.3 is 29.2 Å². The third-order valence-corrected chi connectivity index (χ3v) is 4.28. The lowest BCUT2D eigenvalue weighted by molar-refractivity contribution is -0.123. The number of carbonyl (C=O) groups is 3. The standard InChI is InChI=1S/C21H21N3O7/c1-28-14-6-4-13(5-7-14)22-21(27)24-18(25)11-31-20(26)16-9-12-8-15(29-2)10-17(30-3)19(12)23-16/h4-10,23H,11H2,1-3H3,(H2,22,24,25,27). The van der Waals surface area contributed by atoms with Gasteiger partial charge in [-0.2, -0.15) is 0 Å². The number of nitrogens with one attached hydrogen (secondary N) is 3. The molecule has 0 bridgehead atoms. The van der Waals surface area contributed by atoms with Gasteiger partial charge in [0.05, 0.1) is 26.8 Å². The number of methoxy groups -OCH3 is 3. The van der Waals surface area contributed by atoms with Crippen LogP contribution in [-0.2, 0) is 9.53 Å². The number of fused-ring (bicyclic) bond motifs is 1. The summed E-state index contributed by atoms with van der Waals surface area (Å²) < 4.78 is 20.5. The van der Waals surface area contributed by atoms with Crippen LogP contribution in [0.2, 0.25) is 0 Å². The molecular formula is C21H21N3O7. The molecule has 0 fully saturated rings. The van der Waals surface area contributed by atoms with Crippen molar-refractivity contribution in [2.24, 2.45) is 0 Å². The number of esters is 1. The highest BCUT2D eigenvalue weighted by atomic mass is 16.5. The third-order valence-electron chi connectivity index (χ3n) is 4.28. The summed E-state index contributed by atoms with van der Waals surface area (Å²) in [7, 11) is 4.54. The Balaban J connectivity index is 1.56. The summed E-state index contributed by atoms with van der Waals surface area (Å²) in [4.78, 5) is 39.0. The predicted molar refractivity (Wildman–Crippen MR) is 112 cm³/mol. The number of imide groups is 1. The van der Waals surface area contributed by atoms with Gasteiger partial charge in [0.25, 0.3) is 5.91 Å². The molecule has 0 saturated carbocycles. The average Bonchev–Trinajstić information content (AvgIpc) is 3.21. The first-order valence-corrected chi connectivity index (χ1v) is 9.10. The highest BCUT2D eigenvalue weighted by molar-refractivity contribution is 6.03. The molecule has 0 aliphatic heterocycles. The third kappa shape index (κ3) is 5.24. The predicted octanol–water partition coefficient (Wildman–Crippen LogP) is 2.70. The van der Waals surface area contributed by atoms with Crippen LogP contribution in [0.3, 0.4) is 0 Å². The van der Waals surface area contributed by atoms with E-state index < -0.39 is 24.5 Å². The number of benzene rings is 2. The van der Waals surface area contributed by atoms with Gasteiger partial charge in [0, 0.05) is 17.1 Å². The van der Waals surface area contributed by atoms with Crippen molar-refractivity contribution in [1.82, 2.24) is 10.3 Å². The van der Waals surface area contributed by atoms with Gasteiger partial charge >= 0.3 is 12.0 Å². The van der Waals surface area contributed by atoms with Crippen LogP contribution in [0.15, 0.2) is 42.5 Å². The molecule has 31 heavy (non-hydrogen) atoms. The van der Waals surface area contributed by atoms with Crippen LogP contribution in [0.4, 0.5) is 10.5 Å². The van der Waals surface area contributed by atoms with Crippen LogP contribution in [-0.4, -0.2) is 50.8 Å². The Hall–Kier alpha value is -4.21. The van der Waals surface area contributed by atoms with Gasteiger partial charge in [0.15, 0.2) is 6.61 Å². The summed E-state index contributed by atoms with van der Waals surface area (Å²) in [6, 6.07) is 10.7. The molecule has 0 atom stereocenters. The molecule has 0 spiro atoms. The zero-order valence-electron chi connectivity index (χ0n) is 17.1. The topological polar surface area (TPSA) is 128 Å². The van der Waals surface area contributed by atoms with Crippen molar-refractivity contribution < 1.29 is 33.3 Å². The summed E-state index contributed by atoms with van der Waals surface area (Å²) in [6.45, 7) is -0.634. The van der Waals surface area contributed by atoms with Crippen molar-refractivity contribution in [3.05, 3.63) is 48.2 Å². The first kappa shape index (κ1) is 21.5. The van der Waals surface area contributed by atoms with Crippen molar-refractivity contribution >= 4 is 34.5 Å². The first-order valence-electron chi connectivity index (χ1n) is 9.10. The fourth-order valence-corrected chi connectivity index (χ4v) is 2.78. The molecular weight excluding hydrogens is 406 g/mol. The van der Waals surface area contributed by atoms with E-state index in [1.54, 1.807) is 42.5 Å². The monoisotopic (exact) mass is 427 g/mol. The van der Waals surface area contributed by atoms with Crippen LogP contribution in [0.5, 0.6) is 17.2 Å². The smallest absolute Gasteiger partial charge is 0.355 e. The number of carbonyl (C=O) groups excluding carboxylic acids is 3. The molecule has 162 valence electrons. The van der Waals surface area contributed by atoms with E-state index in [0.717, 1.165) is 0 Å². The van der Waals surface area contributed by atoms with Gasteiger partial charge in [-0.15, -0.1) is 0 Å². The van der Waals surface area contributed by atoms with Crippen molar-refractivity contribution in [3.63, 3.8) is 0 Å². The quantitative estimate of drug-likeness (QED) is 0.495. The number of H-pyrrole nitrogens is 1. The van der Waals surface area contributed by atoms with Crippen LogP contribution in [0, 0.1) is 0 Å². The van der Waals surface area contributed by atoms with E-state index >= 15 is 0 Å². The summed E-state index contributed by atoms with van der Waals surface area (Å²) in [5, 5.41) is 5.24. The minimum Gasteiger partial charge on any atom is -0.497 e. The highest BCUT2D eigenvalue weighted by Crippen LogP contribution is 2.31. The molecule has 1 heterocycles. The highest BCUT2D eigenvalue weighted by Gasteiger charge is 2.17. The van der Waals surface area contributed by atoms with Crippen molar-refractivity contribution in [3.8, 4) is 17.2 Å². The molecule has 2 aromatic carbocycles. The Bertz CT molecular complexity index is 1110. The van der Waals surface area contributed by atoms with Gasteiger partial charge in [-0.05, 0) is 36.4 Å². The number of hydrogen-bond acceptors (Lipinski definition) is 7. The van der Waals surface area contributed by atoms with E-state index in [9.17, 15) is 14.4 Å². The second kappa shape index (κ2) is 9.53. The second-order valence-electron chi connectivity index (χ2n) is 6.28. The second-order valence-corrected chi connectivity index (χ2v) is 6.28. The number of aromatic amines is 1. The summed E-state index contributed by atoms with van der Waals surface area (Å²) in [5.41, 5.74) is 1.17. The van der Waals surface area contributed by atoms with Crippen molar-refractivity contribution in [1.29, 1.82) is 0 Å². The Kier molecular flexibility index (Phi) is 6.61. The SMILES string of the molecule is COc1ccc(NC(=O)NC(=O)COC(=O)c2cc3cc(OC)cc(OC)c3[nH]2)cc1. The first-order chi connectivity index (χ1) is 14.9. The maximum atomic E-state index is 12.3. The molecule has 10 heteroatoms. The maximum absolute atomic E-state index is 12.3. The Labute approximate surface area is 177 Å². The molecule has 0 unspecified atom stereocenters. The van der Waals surface area contributed by atoms with Crippen molar-refractivity contribution in [2.45, 2.75) is 0 Å². The van der Waals surface area contributed by atoms with Crippen LogP contribution >= 0.6 is 0 Å². The normalized spacial score (nSPS) is 10.3. The lowest BCUT2D eigenvalue weighted by Crippen LogP contribution is -2.37. The molecule has 0 saturated heterocycles.